The molecule has 1 saturated heterocycles. The van der Waals surface area contributed by atoms with E-state index in [4.69, 9.17) is 4.74 Å². The lowest BCUT2D eigenvalue weighted by molar-refractivity contribution is -0.389. The van der Waals surface area contributed by atoms with Gasteiger partial charge in [0.05, 0.1) is 0 Å². The SMILES string of the molecule is O=C(c1ccc(OC(F)(F)F)cc1)N1CCC(CN2CCOc3nc([N+](=O)[O-])cn3CC2)CC1. The van der Waals surface area contributed by atoms with Crippen LogP contribution in [0.1, 0.15) is 23.2 Å². The third kappa shape index (κ3) is 5.95. The molecule has 0 N–H and O–H groups in total. The standard InChI is InChI=1S/C21H24F3N5O5/c22-21(23,24)34-17-3-1-16(2-4-17)19(30)27-7-5-15(6-8-27)13-26-9-10-28-14-18(29(31)32)25-20(28)33-12-11-26/h1-4,14-15H,5-13H2. The second-order valence-electron chi connectivity index (χ2n) is 8.29. The van der Waals surface area contributed by atoms with E-state index in [1.807, 2.05) is 0 Å². The van der Waals surface area contributed by atoms with Crippen LogP contribution in [0.2, 0.25) is 0 Å². The Kier molecular flexibility index (Phi) is 6.91. The van der Waals surface area contributed by atoms with Crippen molar-refractivity contribution in [3.05, 3.63) is 46.1 Å². The van der Waals surface area contributed by atoms with Gasteiger partial charge in [-0.25, -0.2) is 0 Å². The zero-order valence-corrected chi connectivity index (χ0v) is 18.2. The van der Waals surface area contributed by atoms with Gasteiger partial charge in [0.2, 0.25) is 0 Å². The third-order valence-corrected chi connectivity index (χ3v) is 5.96. The van der Waals surface area contributed by atoms with E-state index in [2.05, 4.69) is 14.6 Å². The van der Waals surface area contributed by atoms with Crippen LogP contribution in [0, 0.1) is 16.0 Å². The summed E-state index contributed by atoms with van der Waals surface area (Å²) in [6.07, 6.45) is -1.78. The molecule has 0 bridgehead atoms. The Morgan fingerprint density at radius 3 is 2.50 bits per heavy atom. The molecule has 1 aromatic heterocycles. The summed E-state index contributed by atoms with van der Waals surface area (Å²) >= 11 is 0. The van der Waals surface area contributed by atoms with Crippen LogP contribution < -0.4 is 9.47 Å². The second kappa shape index (κ2) is 9.87. The molecule has 3 heterocycles. The van der Waals surface area contributed by atoms with Crippen LogP contribution in [-0.2, 0) is 6.54 Å². The fourth-order valence-electron chi connectivity index (χ4n) is 4.22. The Hall–Kier alpha value is -3.35. The number of benzene rings is 1. The number of hydrogen-bond donors (Lipinski definition) is 0. The van der Waals surface area contributed by atoms with Crippen LogP contribution in [0.3, 0.4) is 0 Å². The molecule has 0 unspecified atom stereocenters. The molecular weight excluding hydrogens is 459 g/mol. The summed E-state index contributed by atoms with van der Waals surface area (Å²) in [4.78, 5) is 31.0. The first-order chi connectivity index (χ1) is 16.2. The van der Waals surface area contributed by atoms with Crippen molar-refractivity contribution in [1.29, 1.82) is 0 Å². The van der Waals surface area contributed by atoms with Gasteiger partial charge < -0.3 is 24.5 Å². The lowest BCUT2D eigenvalue weighted by atomic mass is 9.95. The summed E-state index contributed by atoms with van der Waals surface area (Å²) in [5, 5.41) is 10.9. The predicted molar refractivity (Wildman–Crippen MR) is 113 cm³/mol. The first kappa shape index (κ1) is 23.8. The Bertz CT molecular complexity index is 1020. The number of hydrogen-bond acceptors (Lipinski definition) is 7. The molecule has 2 aliphatic heterocycles. The largest absolute Gasteiger partial charge is 0.573 e. The Morgan fingerprint density at radius 1 is 1.15 bits per heavy atom. The molecule has 0 saturated carbocycles. The van der Waals surface area contributed by atoms with E-state index in [1.54, 1.807) is 9.47 Å². The van der Waals surface area contributed by atoms with Crippen LogP contribution >= 0.6 is 0 Å². The molecule has 0 aliphatic carbocycles. The summed E-state index contributed by atoms with van der Waals surface area (Å²) in [5.41, 5.74) is 0.319. The van der Waals surface area contributed by atoms with Gasteiger partial charge >= 0.3 is 18.2 Å². The number of aromatic nitrogens is 2. The number of alkyl halides is 3. The number of rotatable bonds is 5. The first-order valence-electron chi connectivity index (χ1n) is 10.9. The van der Waals surface area contributed by atoms with Crippen LogP contribution in [0.15, 0.2) is 30.5 Å². The quantitative estimate of drug-likeness (QED) is 0.476. The molecule has 0 atom stereocenters. The first-order valence-corrected chi connectivity index (χ1v) is 10.9. The lowest BCUT2D eigenvalue weighted by Gasteiger charge is -2.35. The van der Waals surface area contributed by atoms with Crippen molar-refractivity contribution in [2.75, 3.05) is 39.3 Å². The summed E-state index contributed by atoms with van der Waals surface area (Å²) in [6, 6.07) is 5.21. The van der Waals surface area contributed by atoms with Crippen LogP contribution in [-0.4, -0.2) is 75.9 Å². The number of carbonyl (C=O) groups is 1. The van der Waals surface area contributed by atoms with Crippen molar-refractivity contribution in [1.82, 2.24) is 19.4 Å². The highest BCUT2D eigenvalue weighted by Gasteiger charge is 2.31. The monoisotopic (exact) mass is 483 g/mol. The van der Waals surface area contributed by atoms with Crippen molar-refractivity contribution in [3.8, 4) is 11.8 Å². The summed E-state index contributed by atoms with van der Waals surface area (Å²) < 4.78 is 48.0. The minimum atomic E-state index is -4.77. The van der Waals surface area contributed by atoms with Gasteiger partial charge in [-0.15, -0.1) is 13.2 Å². The number of carbonyl (C=O) groups excluding carboxylic acids is 1. The van der Waals surface area contributed by atoms with E-state index in [-0.39, 0.29) is 23.5 Å². The van der Waals surface area contributed by atoms with E-state index in [9.17, 15) is 28.1 Å². The predicted octanol–water partition coefficient (Wildman–Crippen LogP) is 2.94. The molecule has 10 nitrogen and oxygen atoms in total. The van der Waals surface area contributed by atoms with Crippen molar-refractivity contribution in [2.45, 2.75) is 25.7 Å². The maximum atomic E-state index is 12.7. The highest BCUT2D eigenvalue weighted by Crippen LogP contribution is 2.25. The number of nitrogens with zero attached hydrogens (tertiary/aromatic N) is 5. The van der Waals surface area contributed by atoms with Crippen molar-refractivity contribution in [3.63, 3.8) is 0 Å². The van der Waals surface area contributed by atoms with Gasteiger partial charge in [-0.05, 0) is 47.9 Å². The van der Waals surface area contributed by atoms with E-state index < -0.39 is 11.3 Å². The van der Waals surface area contributed by atoms with Crippen LogP contribution in [0.25, 0.3) is 0 Å². The third-order valence-electron chi connectivity index (χ3n) is 5.96. The minimum Gasteiger partial charge on any atom is -0.444 e. The normalized spacial score (nSPS) is 17.9. The number of halogens is 3. The zero-order chi connectivity index (χ0) is 24.3. The second-order valence-corrected chi connectivity index (χ2v) is 8.29. The number of fused-ring (bicyclic) bond motifs is 1. The molecule has 0 spiro atoms. The highest BCUT2D eigenvalue weighted by molar-refractivity contribution is 5.94. The topological polar surface area (TPSA) is 103 Å². The van der Waals surface area contributed by atoms with Gasteiger partial charge in [0.15, 0.2) is 0 Å². The van der Waals surface area contributed by atoms with Gasteiger partial charge in [-0.3, -0.25) is 14.3 Å². The molecule has 2 aliphatic rings. The maximum Gasteiger partial charge on any atom is 0.573 e. The van der Waals surface area contributed by atoms with Gasteiger partial charge in [0.25, 0.3) is 5.91 Å². The molecule has 13 heteroatoms. The Labute approximate surface area is 193 Å². The number of nitro groups is 1. The average Bonchev–Trinajstić information content (AvgIpc) is 3.18. The number of likely N-dealkylation sites (tertiary alicyclic amines) is 1. The van der Waals surface area contributed by atoms with E-state index in [0.717, 1.165) is 31.5 Å². The Balaban J connectivity index is 1.26. The van der Waals surface area contributed by atoms with Crippen LogP contribution in [0.4, 0.5) is 19.0 Å². The molecule has 4 rings (SSSR count). The van der Waals surface area contributed by atoms with Crippen molar-refractivity contribution < 1.29 is 32.4 Å². The van der Waals surface area contributed by atoms with Crippen LogP contribution in [0.5, 0.6) is 11.8 Å². The van der Waals surface area contributed by atoms with Gasteiger partial charge in [-0.2, -0.15) is 0 Å². The number of ether oxygens (including phenoxy) is 2. The summed E-state index contributed by atoms with van der Waals surface area (Å²) in [5.74, 6) is -0.436. The van der Waals surface area contributed by atoms with E-state index in [1.165, 1.54) is 18.3 Å². The molecular formula is C21H24F3N5O5. The fraction of sp³-hybridized carbons (Fsp3) is 0.524. The zero-order valence-electron chi connectivity index (χ0n) is 18.2. The molecule has 34 heavy (non-hydrogen) atoms. The van der Waals surface area contributed by atoms with E-state index >= 15 is 0 Å². The maximum absolute atomic E-state index is 12.7. The lowest BCUT2D eigenvalue weighted by Crippen LogP contribution is -2.43. The molecule has 184 valence electrons. The number of amides is 1. The molecule has 0 radical (unpaired) electrons. The molecule has 1 fully saturated rings. The van der Waals surface area contributed by atoms with Gasteiger partial charge in [-0.1, -0.05) is 0 Å². The van der Waals surface area contributed by atoms with Crippen molar-refractivity contribution >= 4 is 11.7 Å². The number of imidazole rings is 1. The summed E-state index contributed by atoms with van der Waals surface area (Å²) in [6.45, 7) is 4.22. The van der Waals surface area contributed by atoms with E-state index in [0.29, 0.717) is 50.8 Å². The molecule has 1 aromatic carbocycles. The molecule has 2 aromatic rings. The van der Waals surface area contributed by atoms with Crippen molar-refractivity contribution in [2.24, 2.45) is 5.92 Å². The summed E-state index contributed by atoms with van der Waals surface area (Å²) in [7, 11) is 0. The highest BCUT2D eigenvalue weighted by atomic mass is 19.4. The number of piperidine rings is 1. The Morgan fingerprint density at radius 2 is 1.85 bits per heavy atom. The molecule has 1 amide bonds. The van der Waals surface area contributed by atoms with Gasteiger partial charge in [0.1, 0.15) is 18.6 Å². The fourth-order valence-corrected chi connectivity index (χ4v) is 4.22. The smallest absolute Gasteiger partial charge is 0.444 e. The van der Waals surface area contributed by atoms with Gasteiger partial charge in [0, 0.05) is 49.8 Å². The average molecular weight is 483 g/mol. The minimum absolute atomic E-state index is 0.217.